The van der Waals surface area contributed by atoms with Gasteiger partial charge in [0.1, 0.15) is 22.0 Å². The maximum Gasteiger partial charge on any atom is 0.237 e. The lowest BCUT2D eigenvalue weighted by molar-refractivity contribution is 0.594. The molecule has 0 spiro atoms. The first kappa shape index (κ1) is 22.3. The third-order valence-electron chi connectivity index (χ3n) is 5.93. The van der Waals surface area contributed by atoms with Gasteiger partial charge in [0.25, 0.3) is 0 Å². The highest BCUT2D eigenvalue weighted by atomic mass is 79.9. The van der Waals surface area contributed by atoms with Gasteiger partial charge < -0.3 is 5.32 Å². The van der Waals surface area contributed by atoms with E-state index in [4.69, 9.17) is 0 Å². The van der Waals surface area contributed by atoms with Gasteiger partial charge in [-0.2, -0.15) is 0 Å². The van der Waals surface area contributed by atoms with Crippen LogP contribution in [0.2, 0.25) is 0 Å². The first-order chi connectivity index (χ1) is 14.7. The number of anilines is 1. The second-order valence-electron chi connectivity index (χ2n) is 8.75. The Labute approximate surface area is 192 Å². The molecule has 31 heavy (non-hydrogen) atoms. The van der Waals surface area contributed by atoms with E-state index < -0.39 is 10.0 Å². The number of hydrogen-bond donors (Lipinski definition) is 1. The number of aryl methyl sites for hydroxylation is 3. The van der Waals surface area contributed by atoms with Gasteiger partial charge in [-0.15, -0.1) is 0 Å². The third kappa shape index (κ3) is 4.51. The predicted molar refractivity (Wildman–Crippen MR) is 130 cm³/mol. The van der Waals surface area contributed by atoms with Gasteiger partial charge in [0, 0.05) is 12.1 Å². The topological polar surface area (TPSA) is 76.9 Å². The summed E-state index contributed by atoms with van der Waals surface area (Å²) in [4.78, 5) is 8.93. The fraction of sp³-hybridized carbons (Fsp3) is 0.478. The Hall–Kier alpha value is -1.93. The zero-order valence-electron chi connectivity index (χ0n) is 18.5. The summed E-state index contributed by atoms with van der Waals surface area (Å²) < 4.78 is 27.4. The Morgan fingerprint density at radius 3 is 2.39 bits per heavy atom. The van der Waals surface area contributed by atoms with Crippen molar-refractivity contribution in [3.8, 4) is 11.1 Å². The number of aromatic nitrogens is 3. The molecule has 0 saturated heterocycles. The first-order valence-electron chi connectivity index (χ1n) is 10.8. The van der Waals surface area contributed by atoms with E-state index in [2.05, 4.69) is 50.3 Å². The van der Waals surface area contributed by atoms with Crippen LogP contribution >= 0.6 is 15.9 Å². The number of unbranched alkanes of at least 4 members (excludes halogenated alkanes) is 1. The van der Waals surface area contributed by atoms with E-state index in [0.717, 1.165) is 41.1 Å². The van der Waals surface area contributed by atoms with E-state index in [1.54, 1.807) is 0 Å². The molecule has 1 N–H and O–H groups in total. The van der Waals surface area contributed by atoms with Crippen molar-refractivity contribution in [1.29, 1.82) is 0 Å². The van der Waals surface area contributed by atoms with E-state index in [0.29, 0.717) is 21.5 Å². The van der Waals surface area contributed by atoms with Crippen molar-refractivity contribution in [2.24, 2.45) is 5.92 Å². The summed E-state index contributed by atoms with van der Waals surface area (Å²) in [7, 11) is -3.59. The van der Waals surface area contributed by atoms with E-state index in [1.807, 2.05) is 13.8 Å². The zero-order valence-corrected chi connectivity index (χ0v) is 20.9. The van der Waals surface area contributed by atoms with Gasteiger partial charge in [0.15, 0.2) is 5.82 Å². The van der Waals surface area contributed by atoms with Crippen LogP contribution in [-0.4, -0.2) is 35.2 Å². The van der Waals surface area contributed by atoms with Crippen molar-refractivity contribution in [1.82, 2.24) is 13.9 Å². The molecule has 0 amide bonds. The summed E-state index contributed by atoms with van der Waals surface area (Å²) in [6.45, 7) is 6.91. The minimum Gasteiger partial charge on any atom is -0.368 e. The molecule has 1 fully saturated rings. The van der Waals surface area contributed by atoms with Crippen molar-refractivity contribution in [2.45, 2.75) is 52.9 Å². The molecule has 4 rings (SSSR count). The molecule has 0 aliphatic heterocycles. The largest absolute Gasteiger partial charge is 0.368 e. The molecule has 1 aliphatic carbocycles. The number of halogens is 1. The second-order valence-corrected chi connectivity index (χ2v) is 11.3. The number of hydrogen-bond acceptors (Lipinski definition) is 5. The molecule has 0 unspecified atom stereocenters. The molecule has 2 heterocycles. The molecule has 0 atom stereocenters. The van der Waals surface area contributed by atoms with Crippen molar-refractivity contribution >= 4 is 42.8 Å². The van der Waals surface area contributed by atoms with Gasteiger partial charge in [-0.1, -0.05) is 43.4 Å². The van der Waals surface area contributed by atoms with Gasteiger partial charge in [-0.25, -0.2) is 22.4 Å². The number of fused-ring (bicyclic) bond motifs is 1. The summed E-state index contributed by atoms with van der Waals surface area (Å²) in [5, 5.41) is 3.37. The average molecular weight is 505 g/mol. The predicted octanol–water partition coefficient (Wildman–Crippen LogP) is 5.59. The van der Waals surface area contributed by atoms with Crippen LogP contribution in [0.15, 0.2) is 23.1 Å². The molecule has 8 heteroatoms. The Morgan fingerprint density at radius 2 is 1.77 bits per heavy atom. The maximum absolute atomic E-state index is 12.8. The monoisotopic (exact) mass is 504 g/mol. The maximum atomic E-state index is 12.8. The third-order valence-corrected chi connectivity index (χ3v) is 7.95. The number of rotatable bonds is 8. The molecule has 3 aromatic rings. The first-order valence-corrected chi connectivity index (χ1v) is 13.4. The van der Waals surface area contributed by atoms with Crippen LogP contribution in [0.1, 0.15) is 48.8 Å². The van der Waals surface area contributed by atoms with Crippen molar-refractivity contribution in [3.05, 3.63) is 39.8 Å². The Morgan fingerprint density at radius 1 is 1.10 bits per heavy atom. The van der Waals surface area contributed by atoms with Crippen LogP contribution < -0.4 is 5.32 Å². The van der Waals surface area contributed by atoms with Crippen LogP contribution in [0.4, 0.5) is 5.82 Å². The van der Waals surface area contributed by atoms with E-state index >= 15 is 0 Å². The van der Waals surface area contributed by atoms with E-state index in [1.165, 1.54) is 47.8 Å². The lowest BCUT2D eigenvalue weighted by Crippen LogP contribution is -2.13. The SMILES string of the molecule is Cc1cc(C)c(-c2c(Br)n(S(C)(=O)=O)c3c(NCCCCC4CC4)ncnc23)c(C)c1. The average Bonchev–Trinajstić information content (AvgIpc) is 3.43. The fourth-order valence-corrected chi connectivity index (χ4v) is 6.70. The van der Waals surface area contributed by atoms with Gasteiger partial charge in [0.2, 0.25) is 10.0 Å². The summed E-state index contributed by atoms with van der Waals surface area (Å²) in [5.41, 5.74) is 6.24. The summed E-state index contributed by atoms with van der Waals surface area (Å²) in [5.74, 6) is 1.48. The molecule has 1 aromatic carbocycles. The molecule has 1 aliphatic rings. The van der Waals surface area contributed by atoms with Crippen LogP contribution in [0, 0.1) is 26.7 Å². The standard InChI is InChI=1S/C23H29BrN4O2S/c1-14-11-15(2)18(16(3)12-14)19-20-21(28(22(19)24)31(4,29)30)23(27-13-26-20)25-10-6-5-7-17-8-9-17/h11-13,17H,5-10H2,1-4H3,(H,25,26,27). The van der Waals surface area contributed by atoms with Gasteiger partial charge in [0.05, 0.1) is 6.26 Å². The fourth-order valence-electron chi connectivity index (χ4n) is 4.46. The Bertz CT molecular complexity index is 1220. The van der Waals surface area contributed by atoms with Gasteiger partial charge in [-0.3, -0.25) is 0 Å². The minimum atomic E-state index is -3.59. The van der Waals surface area contributed by atoms with Crippen LogP contribution in [-0.2, 0) is 10.0 Å². The number of benzene rings is 1. The normalized spacial score (nSPS) is 14.4. The van der Waals surface area contributed by atoms with Gasteiger partial charge in [-0.05, 0) is 65.7 Å². The smallest absolute Gasteiger partial charge is 0.237 e. The van der Waals surface area contributed by atoms with E-state index in [9.17, 15) is 8.42 Å². The zero-order chi connectivity index (χ0) is 22.3. The summed E-state index contributed by atoms with van der Waals surface area (Å²) >= 11 is 3.59. The summed E-state index contributed by atoms with van der Waals surface area (Å²) in [6.07, 6.45) is 8.95. The van der Waals surface area contributed by atoms with Crippen molar-refractivity contribution in [2.75, 3.05) is 18.1 Å². The van der Waals surface area contributed by atoms with Crippen LogP contribution in [0.3, 0.4) is 0 Å². The minimum absolute atomic E-state index is 0.484. The van der Waals surface area contributed by atoms with Crippen LogP contribution in [0.5, 0.6) is 0 Å². The molecular formula is C23H29BrN4O2S. The van der Waals surface area contributed by atoms with Crippen molar-refractivity contribution < 1.29 is 8.42 Å². The second kappa shape index (κ2) is 8.54. The highest BCUT2D eigenvalue weighted by Gasteiger charge is 2.27. The van der Waals surface area contributed by atoms with E-state index in [-0.39, 0.29) is 0 Å². The quantitative estimate of drug-likeness (QED) is 0.404. The van der Waals surface area contributed by atoms with Gasteiger partial charge >= 0.3 is 0 Å². The van der Waals surface area contributed by atoms with Crippen molar-refractivity contribution in [3.63, 3.8) is 0 Å². The Kier molecular flexibility index (Phi) is 6.14. The Balaban J connectivity index is 1.82. The number of nitrogens with zero attached hydrogens (tertiary/aromatic N) is 3. The molecule has 2 aromatic heterocycles. The number of nitrogens with one attached hydrogen (secondary N) is 1. The highest BCUT2D eigenvalue weighted by Crippen LogP contribution is 2.43. The highest BCUT2D eigenvalue weighted by molar-refractivity contribution is 9.10. The molecule has 0 bridgehead atoms. The molecule has 166 valence electrons. The molecule has 1 saturated carbocycles. The lowest BCUT2D eigenvalue weighted by Gasteiger charge is -2.11. The lowest BCUT2D eigenvalue weighted by atomic mass is 9.95. The van der Waals surface area contributed by atoms with Crippen LogP contribution in [0.25, 0.3) is 22.2 Å². The summed E-state index contributed by atoms with van der Waals surface area (Å²) in [6, 6.07) is 4.22. The molecule has 0 radical (unpaired) electrons. The molecular weight excluding hydrogens is 476 g/mol. The molecule has 6 nitrogen and oxygen atoms in total.